The highest BCUT2D eigenvalue weighted by Gasteiger charge is 2.14. The first kappa shape index (κ1) is 14.4. The van der Waals surface area contributed by atoms with E-state index in [4.69, 9.17) is 5.73 Å². The van der Waals surface area contributed by atoms with E-state index in [-0.39, 0.29) is 5.92 Å². The van der Waals surface area contributed by atoms with E-state index in [1.165, 1.54) is 0 Å². The van der Waals surface area contributed by atoms with Crippen molar-refractivity contribution in [2.24, 2.45) is 5.73 Å². The molecule has 0 spiro atoms. The molecule has 100 valence electrons. The van der Waals surface area contributed by atoms with Crippen molar-refractivity contribution in [3.05, 3.63) is 64.6 Å². The van der Waals surface area contributed by atoms with Crippen molar-refractivity contribution < 1.29 is 4.21 Å². The Morgan fingerprint density at radius 3 is 2.47 bits per heavy atom. The van der Waals surface area contributed by atoms with Crippen molar-refractivity contribution in [2.75, 3.05) is 12.3 Å². The van der Waals surface area contributed by atoms with Crippen LogP contribution >= 0.6 is 15.9 Å². The first-order chi connectivity index (χ1) is 9.20. The second kappa shape index (κ2) is 6.98. The molecular weight excluding hydrogens is 322 g/mol. The number of hydrogen-bond acceptors (Lipinski definition) is 2. The summed E-state index contributed by atoms with van der Waals surface area (Å²) in [6.45, 7) is 0.504. The van der Waals surface area contributed by atoms with Crippen LogP contribution in [0.3, 0.4) is 0 Å². The standard InChI is InChI=1S/C15H16BrNOS/c16-14-7-4-8-15(9-14)19(18)11-13(10-17)12-5-2-1-3-6-12/h1-9,13H,10-11,17H2. The molecule has 0 aliphatic carbocycles. The summed E-state index contributed by atoms with van der Waals surface area (Å²) in [6, 6.07) is 17.6. The second-order valence-electron chi connectivity index (χ2n) is 4.31. The van der Waals surface area contributed by atoms with Crippen LogP contribution in [0.2, 0.25) is 0 Å². The molecule has 0 heterocycles. The van der Waals surface area contributed by atoms with Gasteiger partial charge in [0.25, 0.3) is 0 Å². The number of halogens is 1. The van der Waals surface area contributed by atoms with Crippen molar-refractivity contribution in [3.8, 4) is 0 Å². The van der Waals surface area contributed by atoms with E-state index in [1.807, 2.05) is 54.6 Å². The number of hydrogen-bond donors (Lipinski definition) is 1. The van der Waals surface area contributed by atoms with Crippen LogP contribution in [0.5, 0.6) is 0 Å². The summed E-state index contributed by atoms with van der Waals surface area (Å²) in [6.07, 6.45) is 0. The van der Waals surface area contributed by atoms with Crippen LogP contribution in [0.25, 0.3) is 0 Å². The minimum atomic E-state index is -1.03. The highest BCUT2D eigenvalue weighted by atomic mass is 79.9. The van der Waals surface area contributed by atoms with Crippen LogP contribution in [-0.4, -0.2) is 16.5 Å². The lowest BCUT2D eigenvalue weighted by Crippen LogP contribution is -2.19. The SMILES string of the molecule is NCC(CS(=O)c1cccc(Br)c1)c1ccccc1. The zero-order valence-electron chi connectivity index (χ0n) is 10.5. The minimum absolute atomic E-state index is 0.126. The van der Waals surface area contributed by atoms with Gasteiger partial charge in [-0.25, -0.2) is 0 Å². The molecule has 0 saturated carbocycles. The van der Waals surface area contributed by atoms with E-state index < -0.39 is 10.8 Å². The predicted molar refractivity (Wildman–Crippen MR) is 83.7 cm³/mol. The minimum Gasteiger partial charge on any atom is -0.330 e. The number of rotatable bonds is 5. The van der Waals surface area contributed by atoms with Crippen molar-refractivity contribution in [1.29, 1.82) is 0 Å². The van der Waals surface area contributed by atoms with Gasteiger partial charge < -0.3 is 5.73 Å². The molecule has 2 aromatic rings. The van der Waals surface area contributed by atoms with Gasteiger partial charge in [0.05, 0.1) is 10.8 Å². The predicted octanol–water partition coefficient (Wildman–Crippen LogP) is 3.30. The first-order valence-electron chi connectivity index (χ1n) is 6.09. The molecule has 2 N–H and O–H groups in total. The van der Waals surface area contributed by atoms with Crippen LogP contribution in [0.15, 0.2) is 64.0 Å². The Morgan fingerprint density at radius 2 is 1.84 bits per heavy atom. The van der Waals surface area contributed by atoms with Gasteiger partial charge in [0.2, 0.25) is 0 Å². The van der Waals surface area contributed by atoms with E-state index in [2.05, 4.69) is 15.9 Å². The maximum absolute atomic E-state index is 12.4. The fourth-order valence-electron chi connectivity index (χ4n) is 1.91. The third-order valence-corrected chi connectivity index (χ3v) is 4.95. The number of nitrogens with two attached hydrogens (primary N) is 1. The van der Waals surface area contributed by atoms with Crippen molar-refractivity contribution in [3.63, 3.8) is 0 Å². The first-order valence-corrected chi connectivity index (χ1v) is 8.21. The molecule has 0 fully saturated rings. The quantitative estimate of drug-likeness (QED) is 0.909. The molecule has 2 nitrogen and oxygen atoms in total. The van der Waals surface area contributed by atoms with Crippen molar-refractivity contribution in [2.45, 2.75) is 10.8 Å². The Balaban J connectivity index is 2.13. The van der Waals surface area contributed by atoms with Gasteiger partial charge >= 0.3 is 0 Å². The molecule has 0 aliphatic rings. The monoisotopic (exact) mass is 337 g/mol. The number of benzene rings is 2. The molecule has 19 heavy (non-hydrogen) atoms. The van der Waals surface area contributed by atoms with E-state index in [0.29, 0.717) is 12.3 Å². The maximum atomic E-state index is 12.4. The van der Waals surface area contributed by atoms with Crippen LogP contribution in [-0.2, 0) is 10.8 Å². The Morgan fingerprint density at radius 1 is 1.11 bits per heavy atom. The van der Waals surface area contributed by atoms with Crippen LogP contribution in [0.4, 0.5) is 0 Å². The summed E-state index contributed by atoms with van der Waals surface area (Å²) in [5.74, 6) is 0.678. The molecule has 2 atom stereocenters. The Hall–Kier alpha value is -0.970. The highest BCUT2D eigenvalue weighted by Crippen LogP contribution is 2.20. The van der Waals surface area contributed by atoms with Crippen LogP contribution in [0, 0.1) is 0 Å². The Labute approximate surface area is 124 Å². The highest BCUT2D eigenvalue weighted by molar-refractivity contribution is 9.10. The summed E-state index contributed by atoms with van der Waals surface area (Å²) in [7, 11) is -1.03. The van der Waals surface area contributed by atoms with Crippen LogP contribution < -0.4 is 5.73 Å². The zero-order chi connectivity index (χ0) is 13.7. The lowest BCUT2D eigenvalue weighted by Gasteiger charge is -2.14. The largest absolute Gasteiger partial charge is 0.330 e. The molecule has 2 unspecified atom stereocenters. The average molecular weight is 338 g/mol. The summed E-state index contributed by atoms with van der Waals surface area (Å²) in [4.78, 5) is 0.837. The molecule has 4 heteroatoms. The van der Waals surface area contributed by atoms with Gasteiger partial charge in [-0.05, 0) is 23.8 Å². The van der Waals surface area contributed by atoms with Gasteiger partial charge in [0.15, 0.2) is 0 Å². The molecular formula is C15H16BrNOS. The smallest absolute Gasteiger partial charge is 0.0536 e. The third-order valence-electron chi connectivity index (χ3n) is 2.97. The van der Waals surface area contributed by atoms with Gasteiger partial charge in [0, 0.05) is 27.6 Å². The molecule has 0 amide bonds. The topological polar surface area (TPSA) is 43.1 Å². The Kier molecular flexibility index (Phi) is 5.31. The Bertz CT molecular complexity index is 559. The summed E-state index contributed by atoms with van der Waals surface area (Å²) >= 11 is 3.40. The summed E-state index contributed by atoms with van der Waals surface area (Å²) < 4.78 is 13.3. The van der Waals surface area contributed by atoms with Gasteiger partial charge in [0.1, 0.15) is 0 Å². The van der Waals surface area contributed by atoms with E-state index in [9.17, 15) is 4.21 Å². The van der Waals surface area contributed by atoms with E-state index >= 15 is 0 Å². The molecule has 0 radical (unpaired) electrons. The lowest BCUT2D eigenvalue weighted by atomic mass is 10.0. The van der Waals surface area contributed by atoms with Gasteiger partial charge in [-0.3, -0.25) is 4.21 Å². The summed E-state index contributed by atoms with van der Waals surface area (Å²) in [5.41, 5.74) is 6.96. The average Bonchev–Trinajstić information content (AvgIpc) is 2.45. The maximum Gasteiger partial charge on any atom is 0.0536 e. The molecule has 0 aromatic heterocycles. The van der Waals surface area contributed by atoms with E-state index in [1.54, 1.807) is 0 Å². The fourth-order valence-corrected chi connectivity index (χ4v) is 3.84. The summed E-state index contributed by atoms with van der Waals surface area (Å²) in [5, 5.41) is 0. The molecule has 2 rings (SSSR count). The molecule has 0 saturated heterocycles. The third kappa shape index (κ3) is 4.00. The fraction of sp³-hybridized carbons (Fsp3) is 0.200. The molecule has 0 aliphatic heterocycles. The van der Waals surface area contributed by atoms with Crippen molar-refractivity contribution in [1.82, 2.24) is 0 Å². The van der Waals surface area contributed by atoms with Gasteiger partial charge in [-0.15, -0.1) is 0 Å². The van der Waals surface area contributed by atoms with E-state index in [0.717, 1.165) is 14.9 Å². The van der Waals surface area contributed by atoms with Crippen molar-refractivity contribution >= 4 is 26.7 Å². The molecule has 0 bridgehead atoms. The lowest BCUT2D eigenvalue weighted by molar-refractivity contribution is 0.672. The second-order valence-corrected chi connectivity index (χ2v) is 6.72. The zero-order valence-corrected chi connectivity index (χ0v) is 12.9. The normalized spacial score (nSPS) is 14.0. The molecule has 2 aromatic carbocycles. The van der Waals surface area contributed by atoms with Crippen LogP contribution in [0.1, 0.15) is 11.5 Å². The van der Waals surface area contributed by atoms with Gasteiger partial charge in [-0.1, -0.05) is 52.3 Å². The van der Waals surface area contributed by atoms with Gasteiger partial charge in [-0.2, -0.15) is 0 Å².